The number of amides is 7. The fraction of sp³-hybridized carbons (Fsp3) is 0.583. The molecule has 1 aliphatic heterocycles. The first-order chi connectivity index (χ1) is 25.8. The highest BCUT2D eigenvalue weighted by Gasteiger charge is 2.29. The molecule has 0 saturated heterocycles. The molecule has 0 saturated carbocycles. The molecule has 18 heteroatoms. The van der Waals surface area contributed by atoms with E-state index in [1.165, 1.54) is 12.2 Å². The van der Waals surface area contributed by atoms with Crippen LogP contribution in [0.25, 0.3) is 0 Å². The van der Waals surface area contributed by atoms with Crippen LogP contribution in [0, 0.1) is 11.8 Å². The summed E-state index contributed by atoms with van der Waals surface area (Å²) in [5.41, 5.74) is 6.31. The predicted molar refractivity (Wildman–Crippen MR) is 194 cm³/mol. The van der Waals surface area contributed by atoms with Crippen LogP contribution < -0.4 is 27.0 Å². The Morgan fingerprint density at radius 2 is 1.33 bits per heavy atom. The Labute approximate surface area is 315 Å². The van der Waals surface area contributed by atoms with Crippen LogP contribution in [0.1, 0.15) is 46.1 Å². The zero-order valence-corrected chi connectivity index (χ0v) is 31.4. The van der Waals surface area contributed by atoms with E-state index in [9.17, 15) is 33.6 Å². The zero-order valence-electron chi connectivity index (χ0n) is 31.4. The van der Waals surface area contributed by atoms with Gasteiger partial charge in [-0.3, -0.25) is 33.7 Å². The lowest BCUT2D eigenvalue weighted by molar-refractivity contribution is -0.148. The number of anilines is 1. The number of esters is 1. The Bertz CT molecular complexity index is 1400. The van der Waals surface area contributed by atoms with Crippen molar-refractivity contribution in [2.45, 2.75) is 59.2 Å². The molecule has 300 valence electrons. The van der Waals surface area contributed by atoms with Crippen LogP contribution in [-0.2, 0) is 59.1 Å². The van der Waals surface area contributed by atoms with Gasteiger partial charge in [0.2, 0.25) is 17.7 Å². The number of hydrogen-bond donors (Lipinski definition) is 5. The molecule has 54 heavy (non-hydrogen) atoms. The quantitative estimate of drug-likeness (QED) is 0.0465. The number of nitrogens with zero attached hydrogens (tertiary/aromatic N) is 1. The summed E-state index contributed by atoms with van der Waals surface area (Å²) in [7, 11) is 0. The van der Waals surface area contributed by atoms with Gasteiger partial charge in [-0.25, -0.2) is 4.79 Å². The van der Waals surface area contributed by atoms with Crippen LogP contribution >= 0.6 is 0 Å². The molecule has 18 nitrogen and oxygen atoms in total. The third-order valence-electron chi connectivity index (χ3n) is 7.65. The molecule has 1 heterocycles. The van der Waals surface area contributed by atoms with Crippen molar-refractivity contribution in [1.29, 1.82) is 0 Å². The number of imide groups is 1. The van der Waals surface area contributed by atoms with Crippen molar-refractivity contribution in [3.05, 3.63) is 42.0 Å². The molecular formula is C36H54N6O12. The van der Waals surface area contributed by atoms with Crippen molar-refractivity contribution in [2.75, 3.05) is 71.3 Å². The highest BCUT2D eigenvalue weighted by molar-refractivity contribution is 6.12. The summed E-state index contributed by atoms with van der Waals surface area (Å²) >= 11 is 0. The van der Waals surface area contributed by atoms with Crippen molar-refractivity contribution in [3.63, 3.8) is 0 Å². The van der Waals surface area contributed by atoms with Crippen LogP contribution in [0.5, 0.6) is 0 Å². The number of nitrogens with two attached hydrogens (primary N) is 1. The maximum absolute atomic E-state index is 13.4. The van der Waals surface area contributed by atoms with E-state index in [1.54, 1.807) is 52.0 Å². The molecule has 0 aliphatic carbocycles. The molecule has 2 atom stereocenters. The van der Waals surface area contributed by atoms with Gasteiger partial charge < -0.3 is 50.7 Å². The molecule has 0 spiro atoms. The molecule has 0 aromatic heterocycles. The molecule has 7 amide bonds. The minimum atomic E-state index is -1.02. The normalized spacial score (nSPS) is 13.6. The van der Waals surface area contributed by atoms with Gasteiger partial charge >= 0.3 is 12.0 Å². The molecule has 2 rings (SSSR count). The average molecular weight is 763 g/mol. The van der Waals surface area contributed by atoms with Gasteiger partial charge in [0.15, 0.2) is 0 Å². The Hall–Kier alpha value is -4.91. The van der Waals surface area contributed by atoms with Crippen molar-refractivity contribution in [3.8, 4) is 0 Å². The molecule has 0 unspecified atom stereocenters. The van der Waals surface area contributed by atoms with Gasteiger partial charge in [-0.2, -0.15) is 0 Å². The Kier molecular flexibility index (Phi) is 21.1. The standard InChI is InChI=1S/C36H54N6O12/c1-24(2)32(41-29(43)23-53-21-20-52-19-18-51-17-16-50-15-14-42-30(44)11-12-31(42)45)34(47)40-28(6-5-13-38-36(37)49)33(46)39-27-9-7-26(8-10-27)22-54-35(48)25(3)4/h7-12,24-25,28,32H,5-6,13-23H2,1-4H3,(H,39,46)(H,40,47)(H,41,43)(H3,37,38,49)/t28-,32-/m0/s1. The van der Waals surface area contributed by atoms with Gasteiger partial charge in [0.1, 0.15) is 25.3 Å². The number of primary amides is 1. The van der Waals surface area contributed by atoms with E-state index in [0.717, 1.165) is 10.5 Å². The van der Waals surface area contributed by atoms with Crippen molar-refractivity contribution < 1.29 is 57.2 Å². The Morgan fingerprint density at radius 3 is 1.89 bits per heavy atom. The summed E-state index contributed by atoms with van der Waals surface area (Å²) in [5.74, 6) is -3.25. The number of urea groups is 1. The SMILES string of the molecule is CC(C)C(=O)OCc1ccc(NC(=O)[C@H](CCCNC(N)=O)NC(=O)[C@@H](NC(=O)COCCOCCOCCOCCN2C(=O)C=CC2=O)C(C)C)cc1. The van der Waals surface area contributed by atoms with Gasteiger partial charge in [0.25, 0.3) is 11.8 Å². The van der Waals surface area contributed by atoms with E-state index >= 15 is 0 Å². The fourth-order valence-electron chi connectivity index (χ4n) is 4.66. The number of carbonyl (C=O) groups excluding carboxylic acids is 7. The smallest absolute Gasteiger partial charge is 0.312 e. The summed E-state index contributed by atoms with van der Waals surface area (Å²) in [6.07, 6.45) is 2.92. The van der Waals surface area contributed by atoms with Crippen LogP contribution in [-0.4, -0.2) is 124 Å². The third kappa shape index (κ3) is 18.2. The summed E-state index contributed by atoms with van der Waals surface area (Å²) in [6.45, 7) is 8.77. The number of benzene rings is 1. The molecular weight excluding hydrogens is 708 g/mol. The van der Waals surface area contributed by atoms with E-state index in [2.05, 4.69) is 21.3 Å². The third-order valence-corrected chi connectivity index (χ3v) is 7.65. The molecule has 0 bridgehead atoms. The Balaban J connectivity index is 1.72. The fourth-order valence-corrected chi connectivity index (χ4v) is 4.66. The minimum Gasteiger partial charge on any atom is -0.461 e. The van der Waals surface area contributed by atoms with Crippen molar-refractivity contribution in [1.82, 2.24) is 20.9 Å². The van der Waals surface area contributed by atoms with E-state index < -0.39 is 35.8 Å². The van der Waals surface area contributed by atoms with Gasteiger partial charge in [-0.15, -0.1) is 0 Å². The van der Waals surface area contributed by atoms with Crippen molar-refractivity contribution >= 4 is 47.2 Å². The van der Waals surface area contributed by atoms with E-state index in [-0.39, 0.29) is 95.4 Å². The largest absolute Gasteiger partial charge is 0.461 e. The monoisotopic (exact) mass is 762 g/mol. The first kappa shape index (κ1) is 45.2. The number of nitrogens with one attached hydrogen (secondary N) is 4. The van der Waals surface area contributed by atoms with E-state index in [1.807, 2.05) is 0 Å². The second-order valence-corrected chi connectivity index (χ2v) is 12.8. The van der Waals surface area contributed by atoms with Gasteiger partial charge in [0, 0.05) is 24.4 Å². The molecule has 6 N–H and O–H groups in total. The summed E-state index contributed by atoms with van der Waals surface area (Å²) in [5, 5.41) is 10.6. The first-order valence-corrected chi connectivity index (χ1v) is 17.8. The minimum absolute atomic E-state index is 0.0857. The van der Waals surface area contributed by atoms with E-state index in [0.29, 0.717) is 25.3 Å². The second-order valence-electron chi connectivity index (χ2n) is 12.8. The predicted octanol–water partition coefficient (Wildman–Crippen LogP) is 0.390. The lowest BCUT2D eigenvalue weighted by atomic mass is 10.0. The molecule has 1 aromatic rings. The number of rotatable bonds is 27. The number of hydrogen-bond acceptors (Lipinski definition) is 12. The highest BCUT2D eigenvalue weighted by Crippen LogP contribution is 2.13. The number of ether oxygens (including phenoxy) is 5. The summed E-state index contributed by atoms with van der Waals surface area (Å²) in [4.78, 5) is 86.2. The lowest BCUT2D eigenvalue weighted by Gasteiger charge is -2.25. The second kappa shape index (κ2) is 25.2. The topological polar surface area (TPSA) is 243 Å². The maximum Gasteiger partial charge on any atom is 0.312 e. The lowest BCUT2D eigenvalue weighted by Crippen LogP contribution is -2.55. The highest BCUT2D eigenvalue weighted by atomic mass is 16.6. The van der Waals surface area contributed by atoms with Crippen LogP contribution in [0.4, 0.5) is 10.5 Å². The van der Waals surface area contributed by atoms with Crippen molar-refractivity contribution in [2.24, 2.45) is 17.6 Å². The average Bonchev–Trinajstić information content (AvgIpc) is 3.45. The van der Waals surface area contributed by atoms with Gasteiger partial charge in [0.05, 0.1) is 58.7 Å². The summed E-state index contributed by atoms with van der Waals surface area (Å²) < 4.78 is 26.8. The van der Waals surface area contributed by atoms with Gasteiger partial charge in [-0.05, 0) is 36.5 Å². The van der Waals surface area contributed by atoms with Crippen LogP contribution in [0.3, 0.4) is 0 Å². The summed E-state index contributed by atoms with van der Waals surface area (Å²) in [6, 6.07) is 3.98. The first-order valence-electron chi connectivity index (χ1n) is 17.8. The van der Waals surface area contributed by atoms with Crippen LogP contribution in [0.15, 0.2) is 36.4 Å². The molecule has 1 aromatic carbocycles. The Morgan fingerprint density at radius 1 is 0.759 bits per heavy atom. The maximum atomic E-state index is 13.4. The molecule has 0 fully saturated rings. The molecule has 1 aliphatic rings. The zero-order chi connectivity index (χ0) is 39.9. The molecule has 0 radical (unpaired) electrons. The van der Waals surface area contributed by atoms with Gasteiger partial charge in [-0.1, -0.05) is 39.8 Å². The van der Waals surface area contributed by atoms with E-state index in [4.69, 9.17) is 29.4 Å². The van der Waals surface area contributed by atoms with Crippen LogP contribution in [0.2, 0.25) is 0 Å². The number of carbonyl (C=O) groups is 7.